The standard InChI is InChI=1S/C20H22N4O2/c1-20(2,3)14-6-8-15(9-7-14)23-19-21-11-10-17(24-19)18(25)22-13-16-5-4-12-26-16/h4-12H,13H2,1-3H3,(H,22,25)(H,21,23,24). The Morgan fingerprint density at radius 2 is 1.88 bits per heavy atom. The van der Waals surface area contributed by atoms with Crippen molar-refractivity contribution in [3.05, 3.63) is 71.9 Å². The molecule has 0 fully saturated rings. The van der Waals surface area contributed by atoms with Crippen LogP contribution in [0.1, 0.15) is 42.6 Å². The number of nitrogens with zero attached hydrogens (tertiary/aromatic N) is 2. The van der Waals surface area contributed by atoms with Gasteiger partial charge in [-0.3, -0.25) is 4.79 Å². The quantitative estimate of drug-likeness (QED) is 0.726. The molecule has 6 nitrogen and oxygen atoms in total. The topological polar surface area (TPSA) is 80.0 Å². The van der Waals surface area contributed by atoms with Crippen LogP contribution in [0, 0.1) is 0 Å². The molecule has 6 heteroatoms. The minimum Gasteiger partial charge on any atom is -0.467 e. The highest BCUT2D eigenvalue weighted by Gasteiger charge is 2.13. The lowest BCUT2D eigenvalue weighted by Gasteiger charge is -2.19. The first-order valence-electron chi connectivity index (χ1n) is 8.43. The van der Waals surface area contributed by atoms with Crippen LogP contribution >= 0.6 is 0 Å². The van der Waals surface area contributed by atoms with Crippen LogP contribution < -0.4 is 10.6 Å². The molecule has 2 heterocycles. The third-order valence-electron chi connectivity index (χ3n) is 3.90. The van der Waals surface area contributed by atoms with Crippen LogP contribution in [0.3, 0.4) is 0 Å². The first-order valence-corrected chi connectivity index (χ1v) is 8.43. The number of furan rings is 1. The van der Waals surface area contributed by atoms with Crippen molar-refractivity contribution in [3.8, 4) is 0 Å². The molecular formula is C20H22N4O2. The maximum Gasteiger partial charge on any atom is 0.270 e. The van der Waals surface area contributed by atoms with E-state index in [-0.39, 0.29) is 11.3 Å². The smallest absolute Gasteiger partial charge is 0.270 e. The van der Waals surface area contributed by atoms with Gasteiger partial charge >= 0.3 is 0 Å². The SMILES string of the molecule is CC(C)(C)c1ccc(Nc2nccc(C(=O)NCc3ccco3)n2)cc1. The molecule has 0 aliphatic heterocycles. The number of carbonyl (C=O) groups excluding carboxylic acids is 1. The Bertz CT molecular complexity index is 866. The highest BCUT2D eigenvalue weighted by molar-refractivity contribution is 5.92. The van der Waals surface area contributed by atoms with E-state index < -0.39 is 0 Å². The van der Waals surface area contributed by atoms with E-state index >= 15 is 0 Å². The first kappa shape index (κ1) is 17.7. The van der Waals surface area contributed by atoms with Crippen LogP contribution in [0.4, 0.5) is 11.6 Å². The lowest BCUT2D eigenvalue weighted by Crippen LogP contribution is -2.23. The highest BCUT2D eigenvalue weighted by atomic mass is 16.3. The van der Waals surface area contributed by atoms with Gasteiger partial charge in [-0.2, -0.15) is 0 Å². The minimum atomic E-state index is -0.282. The van der Waals surface area contributed by atoms with E-state index in [1.54, 1.807) is 30.7 Å². The Hall–Kier alpha value is -3.15. The molecule has 3 aromatic rings. The lowest BCUT2D eigenvalue weighted by atomic mass is 9.87. The zero-order valence-corrected chi connectivity index (χ0v) is 15.1. The van der Waals surface area contributed by atoms with Crippen molar-refractivity contribution in [2.24, 2.45) is 0 Å². The minimum absolute atomic E-state index is 0.0982. The summed E-state index contributed by atoms with van der Waals surface area (Å²) in [5, 5.41) is 5.89. The molecule has 0 bridgehead atoms. The van der Waals surface area contributed by atoms with Crippen LogP contribution in [-0.4, -0.2) is 15.9 Å². The summed E-state index contributed by atoms with van der Waals surface area (Å²) in [6.45, 7) is 6.82. The predicted molar refractivity (Wildman–Crippen MR) is 100 cm³/mol. The van der Waals surface area contributed by atoms with Crippen LogP contribution in [0.2, 0.25) is 0 Å². The molecule has 0 spiro atoms. The molecule has 0 atom stereocenters. The fourth-order valence-electron chi connectivity index (χ4n) is 2.40. The summed E-state index contributed by atoms with van der Waals surface area (Å²) in [5.41, 5.74) is 2.50. The fourth-order valence-corrected chi connectivity index (χ4v) is 2.40. The molecule has 0 radical (unpaired) electrons. The maximum atomic E-state index is 12.2. The van der Waals surface area contributed by atoms with E-state index in [9.17, 15) is 4.79 Å². The summed E-state index contributed by atoms with van der Waals surface area (Å²) < 4.78 is 5.20. The number of rotatable bonds is 5. The summed E-state index contributed by atoms with van der Waals surface area (Å²) in [5.74, 6) is 0.777. The molecule has 0 saturated heterocycles. The van der Waals surface area contributed by atoms with Gasteiger partial charge in [0.1, 0.15) is 11.5 Å². The fraction of sp³-hybridized carbons (Fsp3) is 0.250. The number of nitrogens with one attached hydrogen (secondary N) is 2. The van der Waals surface area contributed by atoms with Crippen LogP contribution in [0.5, 0.6) is 0 Å². The van der Waals surface area contributed by atoms with Crippen LogP contribution in [0.15, 0.2) is 59.3 Å². The van der Waals surface area contributed by atoms with Gasteiger partial charge in [0.25, 0.3) is 5.91 Å². The molecule has 26 heavy (non-hydrogen) atoms. The second-order valence-electron chi connectivity index (χ2n) is 6.98. The van der Waals surface area contributed by atoms with Gasteiger partial charge in [-0.25, -0.2) is 9.97 Å². The maximum absolute atomic E-state index is 12.2. The number of benzene rings is 1. The van der Waals surface area contributed by atoms with Crippen LogP contribution in [0.25, 0.3) is 0 Å². The molecule has 1 amide bonds. The molecular weight excluding hydrogens is 328 g/mol. The van der Waals surface area contributed by atoms with Gasteiger partial charge in [0.05, 0.1) is 12.8 Å². The van der Waals surface area contributed by atoms with Crippen molar-refractivity contribution in [2.75, 3.05) is 5.32 Å². The second-order valence-corrected chi connectivity index (χ2v) is 6.98. The van der Waals surface area contributed by atoms with Gasteiger partial charge in [-0.05, 0) is 41.3 Å². The summed E-state index contributed by atoms with van der Waals surface area (Å²) in [6.07, 6.45) is 3.12. The zero-order chi connectivity index (χ0) is 18.6. The molecule has 0 saturated carbocycles. The monoisotopic (exact) mass is 350 g/mol. The Morgan fingerprint density at radius 1 is 1.12 bits per heavy atom. The number of aromatic nitrogens is 2. The van der Waals surface area contributed by atoms with Crippen molar-refractivity contribution in [1.29, 1.82) is 0 Å². The normalized spacial score (nSPS) is 11.2. The Kier molecular flexibility index (Phi) is 5.02. The Labute approximate surface area is 152 Å². The zero-order valence-electron chi connectivity index (χ0n) is 15.1. The molecule has 2 N–H and O–H groups in total. The van der Waals surface area contributed by atoms with E-state index in [2.05, 4.69) is 53.5 Å². The van der Waals surface area contributed by atoms with E-state index in [4.69, 9.17) is 4.42 Å². The predicted octanol–water partition coefficient (Wildman–Crippen LogP) is 4.04. The molecule has 0 aliphatic rings. The molecule has 0 unspecified atom stereocenters. The average Bonchev–Trinajstić information content (AvgIpc) is 3.13. The Morgan fingerprint density at radius 3 is 2.54 bits per heavy atom. The number of anilines is 2. The number of amides is 1. The molecule has 2 aromatic heterocycles. The summed E-state index contributed by atoms with van der Waals surface area (Å²) in [7, 11) is 0. The van der Waals surface area contributed by atoms with Crippen LogP contribution in [-0.2, 0) is 12.0 Å². The molecule has 1 aromatic carbocycles. The highest BCUT2D eigenvalue weighted by Crippen LogP contribution is 2.24. The van der Waals surface area contributed by atoms with Gasteiger partial charge < -0.3 is 15.1 Å². The van der Waals surface area contributed by atoms with E-state index in [1.165, 1.54) is 5.56 Å². The summed E-state index contributed by atoms with van der Waals surface area (Å²) in [4.78, 5) is 20.7. The average molecular weight is 350 g/mol. The number of carbonyl (C=O) groups is 1. The molecule has 134 valence electrons. The largest absolute Gasteiger partial charge is 0.467 e. The van der Waals surface area contributed by atoms with Crippen molar-refractivity contribution in [2.45, 2.75) is 32.7 Å². The molecule has 0 aliphatic carbocycles. The third-order valence-corrected chi connectivity index (χ3v) is 3.90. The molecule has 3 rings (SSSR count). The van der Waals surface area contributed by atoms with Crippen molar-refractivity contribution < 1.29 is 9.21 Å². The van der Waals surface area contributed by atoms with Crippen molar-refractivity contribution in [3.63, 3.8) is 0 Å². The van der Waals surface area contributed by atoms with Gasteiger partial charge in [-0.1, -0.05) is 32.9 Å². The van der Waals surface area contributed by atoms with Gasteiger partial charge in [0, 0.05) is 11.9 Å². The first-order chi connectivity index (χ1) is 12.4. The third kappa shape index (κ3) is 4.47. The van der Waals surface area contributed by atoms with Gasteiger partial charge in [0.2, 0.25) is 5.95 Å². The van der Waals surface area contributed by atoms with E-state index in [0.717, 1.165) is 5.69 Å². The van der Waals surface area contributed by atoms with E-state index in [0.29, 0.717) is 23.9 Å². The summed E-state index contributed by atoms with van der Waals surface area (Å²) >= 11 is 0. The number of hydrogen-bond acceptors (Lipinski definition) is 5. The van der Waals surface area contributed by atoms with Gasteiger partial charge in [0.15, 0.2) is 0 Å². The van der Waals surface area contributed by atoms with Crippen molar-refractivity contribution in [1.82, 2.24) is 15.3 Å². The second kappa shape index (κ2) is 7.39. The Balaban J connectivity index is 1.66. The summed E-state index contributed by atoms with van der Waals surface area (Å²) in [6, 6.07) is 13.3. The number of hydrogen-bond donors (Lipinski definition) is 2. The van der Waals surface area contributed by atoms with Crippen molar-refractivity contribution >= 4 is 17.5 Å². The lowest BCUT2D eigenvalue weighted by molar-refractivity contribution is 0.0943. The van der Waals surface area contributed by atoms with E-state index in [1.807, 2.05) is 12.1 Å². The van der Waals surface area contributed by atoms with Gasteiger partial charge in [-0.15, -0.1) is 0 Å².